The van der Waals surface area contributed by atoms with Crippen LogP contribution in [0.1, 0.15) is 19.4 Å². The maximum atomic E-state index is 11.2. The summed E-state index contributed by atoms with van der Waals surface area (Å²) < 4.78 is 16.2. The molecule has 14 heavy (non-hydrogen) atoms. The van der Waals surface area contributed by atoms with Gasteiger partial charge < -0.3 is 4.18 Å². The minimum absolute atomic E-state index is 0. The Balaban J connectivity index is 0.00000169. The standard InChI is InChI=1S/C8H12N2O2S.K/c1-6(2)13(11)12-8-9-4-7(3)5-10-8;/h4-6H,1-3H3;. The summed E-state index contributed by atoms with van der Waals surface area (Å²) in [5.74, 6) is 0. The first-order chi connectivity index (χ1) is 6.09. The van der Waals surface area contributed by atoms with Crippen LogP contribution < -0.4 is 4.18 Å². The largest absolute Gasteiger partial charge is 0.361 e. The van der Waals surface area contributed by atoms with Crippen LogP contribution in [0.2, 0.25) is 0 Å². The van der Waals surface area contributed by atoms with Gasteiger partial charge in [0.15, 0.2) is 0 Å². The Labute approximate surface area is 129 Å². The Morgan fingerprint density at radius 3 is 2.29 bits per heavy atom. The van der Waals surface area contributed by atoms with Gasteiger partial charge in [0.1, 0.15) is 0 Å². The summed E-state index contributed by atoms with van der Waals surface area (Å²) in [6.07, 6.45) is 3.25. The van der Waals surface area contributed by atoms with Crippen molar-refractivity contribution in [2.75, 3.05) is 0 Å². The molecule has 1 unspecified atom stereocenters. The van der Waals surface area contributed by atoms with Crippen LogP contribution in [-0.2, 0) is 11.1 Å². The van der Waals surface area contributed by atoms with E-state index in [4.69, 9.17) is 4.18 Å². The smallest absolute Gasteiger partial charge is 0.330 e. The second kappa shape index (κ2) is 7.03. The van der Waals surface area contributed by atoms with Crippen molar-refractivity contribution in [3.8, 4) is 6.01 Å². The Morgan fingerprint density at radius 2 is 1.86 bits per heavy atom. The van der Waals surface area contributed by atoms with Crippen molar-refractivity contribution in [2.45, 2.75) is 26.0 Å². The van der Waals surface area contributed by atoms with Crippen molar-refractivity contribution >= 4 is 62.5 Å². The molecule has 0 N–H and O–H groups in total. The van der Waals surface area contributed by atoms with E-state index < -0.39 is 11.1 Å². The van der Waals surface area contributed by atoms with Crippen LogP contribution in [0.15, 0.2) is 12.4 Å². The van der Waals surface area contributed by atoms with E-state index in [0.29, 0.717) is 0 Å². The summed E-state index contributed by atoms with van der Waals surface area (Å²) in [5, 5.41) is -0.0510. The van der Waals surface area contributed by atoms with E-state index in [2.05, 4.69) is 9.97 Å². The third-order valence-corrected chi connectivity index (χ3v) is 2.38. The molecule has 6 heteroatoms. The molecule has 1 heterocycles. The topological polar surface area (TPSA) is 52.1 Å². The zero-order valence-electron chi connectivity index (χ0n) is 8.85. The summed E-state index contributed by atoms with van der Waals surface area (Å²) in [4.78, 5) is 7.75. The zero-order valence-corrected chi connectivity index (χ0v) is 12.8. The first kappa shape index (κ1) is 14.7. The molecule has 1 atom stereocenters. The molecule has 0 spiro atoms. The van der Waals surface area contributed by atoms with E-state index in [-0.39, 0.29) is 62.6 Å². The summed E-state index contributed by atoms with van der Waals surface area (Å²) in [6.45, 7) is 5.50. The Bertz CT molecular complexity index is 303. The fraction of sp³-hybridized carbons (Fsp3) is 0.500. The van der Waals surface area contributed by atoms with Crippen molar-refractivity contribution in [2.24, 2.45) is 0 Å². The van der Waals surface area contributed by atoms with Crippen LogP contribution in [0, 0.1) is 6.92 Å². The minimum Gasteiger partial charge on any atom is -0.361 e. The first-order valence-electron chi connectivity index (χ1n) is 3.97. The third kappa shape index (κ3) is 4.95. The fourth-order valence-corrected chi connectivity index (χ4v) is 1.02. The molecular weight excluding hydrogens is 227 g/mol. The van der Waals surface area contributed by atoms with Crippen LogP contribution in [0.3, 0.4) is 0 Å². The fourth-order valence-electron chi connectivity index (χ4n) is 0.593. The van der Waals surface area contributed by atoms with E-state index in [1.54, 1.807) is 12.4 Å². The van der Waals surface area contributed by atoms with Gasteiger partial charge in [-0.25, -0.2) is 14.2 Å². The van der Waals surface area contributed by atoms with E-state index in [9.17, 15) is 4.21 Å². The van der Waals surface area contributed by atoms with Gasteiger partial charge in [-0.05, 0) is 26.3 Å². The maximum absolute atomic E-state index is 11.2. The maximum Gasteiger partial charge on any atom is 0.330 e. The number of hydrogen-bond donors (Lipinski definition) is 0. The van der Waals surface area contributed by atoms with Gasteiger partial charge in [0.05, 0.1) is 5.25 Å². The summed E-state index contributed by atoms with van der Waals surface area (Å²) in [5.41, 5.74) is 0.947. The molecule has 73 valence electrons. The molecule has 0 aliphatic heterocycles. The molecule has 0 aromatic carbocycles. The Kier molecular flexibility index (Phi) is 7.36. The molecule has 0 aliphatic rings. The third-order valence-electron chi connectivity index (χ3n) is 1.30. The van der Waals surface area contributed by atoms with Crippen LogP contribution >= 0.6 is 0 Å². The van der Waals surface area contributed by atoms with Gasteiger partial charge in [-0.3, -0.25) is 0 Å². The molecular formula is C8H12KN2O2S. The first-order valence-corrected chi connectivity index (χ1v) is 5.11. The van der Waals surface area contributed by atoms with Gasteiger partial charge in [0, 0.05) is 63.8 Å². The van der Waals surface area contributed by atoms with Crippen LogP contribution in [0.25, 0.3) is 0 Å². The molecule has 1 radical (unpaired) electrons. The van der Waals surface area contributed by atoms with Crippen molar-refractivity contribution in [3.63, 3.8) is 0 Å². The molecule has 1 aromatic heterocycles. The van der Waals surface area contributed by atoms with Crippen molar-refractivity contribution in [3.05, 3.63) is 18.0 Å². The molecule has 4 nitrogen and oxygen atoms in total. The normalized spacial score (nSPS) is 12.0. The number of rotatable bonds is 3. The van der Waals surface area contributed by atoms with E-state index >= 15 is 0 Å². The number of aryl methyl sites for hydroxylation is 1. The zero-order chi connectivity index (χ0) is 9.84. The molecule has 0 aliphatic carbocycles. The molecule has 0 amide bonds. The monoisotopic (exact) mass is 239 g/mol. The summed E-state index contributed by atoms with van der Waals surface area (Å²) in [6, 6.07) is 0.164. The summed E-state index contributed by atoms with van der Waals surface area (Å²) in [7, 11) is 0. The SMILES string of the molecule is Cc1cnc(OS(=O)C(C)C)nc1.[K]. The molecule has 0 bridgehead atoms. The van der Waals surface area contributed by atoms with Crippen molar-refractivity contribution in [1.82, 2.24) is 9.97 Å². The van der Waals surface area contributed by atoms with Gasteiger partial charge in [-0.15, -0.1) is 0 Å². The molecule has 1 rings (SSSR count). The molecule has 0 saturated heterocycles. The second-order valence-electron chi connectivity index (χ2n) is 2.94. The Hall–Kier alpha value is 0.666. The van der Waals surface area contributed by atoms with E-state index in [1.165, 1.54) is 0 Å². The number of hydrogen-bond acceptors (Lipinski definition) is 4. The van der Waals surface area contributed by atoms with Crippen LogP contribution in [0.5, 0.6) is 6.01 Å². The van der Waals surface area contributed by atoms with Gasteiger partial charge in [-0.1, -0.05) is 0 Å². The van der Waals surface area contributed by atoms with Gasteiger partial charge in [0.2, 0.25) is 11.1 Å². The van der Waals surface area contributed by atoms with E-state index in [0.717, 1.165) is 5.56 Å². The van der Waals surface area contributed by atoms with Crippen LogP contribution in [-0.4, -0.2) is 70.8 Å². The molecule has 1 aromatic rings. The molecule has 0 fully saturated rings. The summed E-state index contributed by atoms with van der Waals surface area (Å²) >= 11 is -1.35. The quantitative estimate of drug-likeness (QED) is 0.734. The average Bonchev–Trinajstić information content (AvgIpc) is 2.08. The second-order valence-corrected chi connectivity index (χ2v) is 4.57. The molecule has 0 saturated carbocycles. The van der Waals surface area contributed by atoms with Crippen molar-refractivity contribution in [1.29, 1.82) is 0 Å². The van der Waals surface area contributed by atoms with Crippen LogP contribution in [0.4, 0.5) is 0 Å². The minimum atomic E-state index is -1.35. The van der Waals surface area contributed by atoms with Gasteiger partial charge in [0.25, 0.3) is 0 Å². The number of nitrogens with zero attached hydrogens (tertiary/aromatic N) is 2. The number of aromatic nitrogens is 2. The van der Waals surface area contributed by atoms with E-state index in [1.807, 2.05) is 20.8 Å². The van der Waals surface area contributed by atoms with Crippen molar-refractivity contribution < 1.29 is 8.39 Å². The Morgan fingerprint density at radius 1 is 1.36 bits per heavy atom. The average molecular weight is 239 g/mol. The van der Waals surface area contributed by atoms with Gasteiger partial charge >= 0.3 is 6.01 Å². The predicted octanol–water partition coefficient (Wildman–Crippen LogP) is 0.855. The van der Waals surface area contributed by atoms with Gasteiger partial charge in [-0.2, -0.15) is 0 Å². The predicted molar refractivity (Wildman–Crippen MR) is 56.4 cm³/mol.